The van der Waals surface area contributed by atoms with Crippen molar-refractivity contribution in [2.24, 2.45) is 5.92 Å². The van der Waals surface area contributed by atoms with Gasteiger partial charge in [0.05, 0.1) is 11.6 Å². The summed E-state index contributed by atoms with van der Waals surface area (Å²) in [4.78, 5) is 26.4. The van der Waals surface area contributed by atoms with Crippen LogP contribution in [0.1, 0.15) is 61.6 Å². The molecule has 0 bridgehead atoms. The lowest BCUT2D eigenvalue weighted by Crippen LogP contribution is -2.51. The molecule has 1 fully saturated rings. The number of carbonyl (C=O) groups is 2. The third-order valence-corrected chi connectivity index (χ3v) is 6.85. The summed E-state index contributed by atoms with van der Waals surface area (Å²) in [6.45, 7) is 2.34. The minimum absolute atomic E-state index is 0.0674. The summed E-state index contributed by atoms with van der Waals surface area (Å²) < 4.78 is 19.3. The number of nitrogens with one attached hydrogen (secondary N) is 3. The van der Waals surface area contributed by atoms with Crippen LogP contribution in [0, 0.1) is 23.1 Å². The van der Waals surface area contributed by atoms with Gasteiger partial charge >= 0.3 is 0 Å². The minimum atomic E-state index is -0.710. The van der Waals surface area contributed by atoms with Crippen LogP contribution in [-0.4, -0.2) is 30.4 Å². The first-order valence-electron chi connectivity index (χ1n) is 13.1. The highest BCUT2D eigenvalue weighted by atomic mass is 19.1. The number of nitriles is 1. The summed E-state index contributed by atoms with van der Waals surface area (Å²) in [5.41, 5.74) is 1.88. The third-order valence-electron chi connectivity index (χ3n) is 6.85. The van der Waals surface area contributed by atoms with E-state index in [1.54, 1.807) is 36.4 Å². The minimum Gasteiger partial charge on any atom is -0.451 e. The number of hydrogen-bond donors (Lipinski definition) is 3. The van der Waals surface area contributed by atoms with Crippen LogP contribution in [-0.2, 0) is 4.79 Å². The van der Waals surface area contributed by atoms with Crippen LogP contribution >= 0.6 is 0 Å². The molecule has 0 aliphatic heterocycles. The van der Waals surface area contributed by atoms with Crippen molar-refractivity contribution >= 4 is 17.5 Å². The Balaban J connectivity index is 1.40. The van der Waals surface area contributed by atoms with Crippen molar-refractivity contribution in [2.75, 3.05) is 11.9 Å². The SMILES string of the molecule is C[C@@H](CNc1cccc(C#N)c1)NC(=O)[C@H](CC1CCCCC1)NC(=O)c1ccc(-c2cccc(F)c2)o1. The van der Waals surface area contributed by atoms with E-state index in [-0.39, 0.29) is 17.7 Å². The zero-order chi connectivity index (χ0) is 26.9. The molecule has 1 aromatic heterocycles. The lowest BCUT2D eigenvalue weighted by atomic mass is 9.84. The van der Waals surface area contributed by atoms with E-state index in [0.29, 0.717) is 35.8 Å². The topological polar surface area (TPSA) is 107 Å². The van der Waals surface area contributed by atoms with E-state index >= 15 is 0 Å². The zero-order valence-electron chi connectivity index (χ0n) is 21.5. The predicted molar refractivity (Wildman–Crippen MR) is 144 cm³/mol. The molecule has 3 aromatic rings. The number of hydrogen-bond acceptors (Lipinski definition) is 5. The second kappa shape index (κ2) is 12.9. The molecule has 38 heavy (non-hydrogen) atoms. The van der Waals surface area contributed by atoms with Gasteiger partial charge in [0.15, 0.2) is 5.76 Å². The molecular formula is C30H33FN4O3. The van der Waals surface area contributed by atoms with Gasteiger partial charge in [-0.15, -0.1) is 0 Å². The van der Waals surface area contributed by atoms with Crippen LogP contribution in [0.25, 0.3) is 11.3 Å². The van der Waals surface area contributed by atoms with Crippen LogP contribution in [0.3, 0.4) is 0 Å². The number of amides is 2. The van der Waals surface area contributed by atoms with Crippen molar-refractivity contribution in [3.63, 3.8) is 0 Å². The molecule has 1 aliphatic carbocycles. The van der Waals surface area contributed by atoms with Crippen LogP contribution in [0.4, 0.5) is 10.1 Å². The molecule has 2 amide bonds. The molecule has 198 valence electrons. The second-order valence-corrected chi connectivity index (χ2v) is 9.92. The van der Waals surface area contributed by atoms with Crippen molar-refractivity contribution in [2.45, 2.75) is 57.5 Å². The van der Waals surface area contributed by atoms with E-state index in [4.69, 9.17) is 9.68 Å². The Morgan fingerprint density at radius 1 is 1.05 bits per heavy atom. The number of carbonyl (C=O) groups excluding carboxylic acids is 2. The monoisotopic (exact) mass is 516 g/mol. The number of rotatable bonds is 10. The van der Waals surface area contributed by atoms with Gasteiger partial charge in [0, 0.05) is 23.8 Å². The smallest absolute Gasteiger partial charge is 0.287 e. The maximum atomic E-state index is 13.6. The highest BCUT2D eigenvalue weighted by Crippen LogP contribution is 2.28. The lowest BCUT2D eigenvalue weighted by molar-refractivity contribution is -0.124. The van der Waals surface area contributed by atoms with Gasteiger partial charge in [-0.05, 0) is 61.7 Å². The molecule has 2 atom stereocenters. The molecule has 2 aromatic carbocycles. The molecular weight excluding hydrogens is 483 g/mol. The van der Waals surface area contributed by atoms with Gasteiger partial charge in [-0.3, -0.25) is 9.59 Å². The molecule has 0 radical (unpaired) electrons. The Morgan fingerprint density at radius 2 is 1.84 bits per heavy atom. The molecule has 0 spiro atoms. The van der Waals surface area contributed by atoms with Crippen molar-refractivity contribution in [3.8, 4) is 17.4 Å². The largest absolute Gasteiger partial charge is 0.451 e. The Hall–Kier alpha value is -4.12. The third kappa shape index (κ3) is 7.45. The van der Waals surface area contributed by atoms with E-state index in [1.165, 1.54) is 24.6 Å². The van der Waals surface area contributed by atoms with Gasteiger partial charge in [-0.1, -0.05) is 50.3 Å². The van der Waals surface area contributed by atoms with Gasteiger partial charge in [0.25, 0.3) is 5.91 Å². The first-order chi connectivity index (χ1) is 18.4. The predicted octanol–water partition coefficient (Wildman–Crippen LogP) is 5.64. The normalized spacial score (nSPS) is 15.2. The fourth-order valence-electron chi connectivity index (χ4n) is 4.84. The molecule has 1 saturated carbocycles. The molecule has 4 rings (SSSR count). The maximum absolute atomic E-state index is 13.6. The van der Waals surface area contributed by atoms with Crippen molar-refractivity contribution in [3.05, 3.63) is 77.8 Å². The summed E-state index contributed by atoms with van der Waals surface area (Å²) >= 11 is 0. The van der Waals surface area contributed by atoms with Crippen molar-refractivity contribution < 1.29 is 18.4 Å². The van der Waals surface area contributed by atoms with Crippen LogP contribution < -0.4 is 16.0 Å². The lowest BCUT2D eigenvalue weighted by Gasteiger charge is -2.27. The van der Waals surface area contributed by atoms with E-state index in [2.05, 4.69) is 22.0 Å². The van der Waals surface area contributed by atoms with Gasteiger partial charge in [-0.25, -0.2) is 4.39 Å². The molecule has 0 saturated heterocycles. The molecule has 7 nitrogen and oxygen atoms in total. The standard InChI is InChI=1S/C30H33FN4O3/c1-20(19-33-25-12-5-9-22(15-25)18-32)34-29(36)26(16-21-7-3-2-4-8-21)35-30(37)28-14-13-27(38-28)23-10-6-11-24(31)17-23/h5-6,9-15,17,20-21,26,33H,2-4,7-8,16,19H2,1H3,(H,34,36)(H,35,37)/t20-,26-/m0/s1. The quantitative estimate of drug-likeness (QED) is 0.323. The average molecular weight is 517 g/mol. The van der Waals surface area contributed by atoms with Crippen molar-refractivity contribution in [1.82, 2.24) is 10.6 Å². The second-order valence-electron chi connectivity index (χ2n) is 9.92. The van der Waals surface area contributed by atoms with E-state index < -0.39 is 17.8 Å². The summed E-state index contributed by atoms with van der Waals surface area (Å²) in [6, 6.07) is 17.4. The maximum Gasteiger partial charge on any atom is 0.287 e. The summed E-state index contributed by atoms with van der Waals surface area (Å²) in [5, 5.41) is 18.2. The zero-order valence-corrected chi connectivity index (χ0v) is 21.5. The van der Waals surface area contributed by atoms with Crippen LogP contribution in [0.5, 0.6) is 0 Å². The fraction of sp³-hybridized carbons (Fsp3) is 0.367. The van der Waals surface area contributed by atoms with E-state index in [1.807, 2.05) is 13.0 Å². The van der Waals surface area contributed by atoms with Gasteiger partial charge < -0.3 is 20.4 Å². The fourth-order valence-corrected chi connectivity index (χ4v) is 4.84. The van der Waals surface area contributed by atoms with Gasteiger partial charge in [0.2, 0.25) is 5.91 Å². The van der Waals surface area contributed by atoms with Gasteiger partial charge in [0.1, 0.15) is 17.6 Å². The molecule has 8 heteroatoms. The number of halogens is 1. The van der Waals surface area contributed by atoms with E-state index in [0.717, 1.165) is 31.4 Å². The number of anilines is 1. The number of nitrogens with zero attached hydrogens (tertiary/aromatic N) is 1. The Labute approximate surface area is 222 Å². The van der Waals surface area contributed by atoms with Gasteiger partial charge in [-0.2, -0.15) is 5.26 Å². The highest BCUT2D eigenvalue weighted by molar-refractivity contribution is 5.96. The number of furan rings is 1. The Bertz CT molecular complexity index is 1290. The van der Waals surface area contributed by atoms with Crippen LogP contribution in [0.15, 0.2) is 65.1 Å². The first kappa shape index (κ1) is 26.9. The summed E-state index contributed by atoms with van der Waals surface area (Å²) in [7, 11) is 0. The highest BCUT2D eigenvalue weighted by Gasteiger charge is 2.28. The molecule has 3 N–H and O–H groups in total. The summed E-state index contributed by atoms with van der Waals surface area (Å²) in [5.74, 6) is -0.318. The van der Waals surface area contributed by atoms with Crippen molar-refractivity contribution in [1.29, 1.82) is 5.26 Å². The molecule has 0 unspecified atom stereocenters. The Morgan fingerprint density at radius 3 is 2.61 bits per heavy atom. The molecule has 1 aliphatic rings. The Kier molecular flexibility index (Phi) is 9.15. The first-order valence-corrected chi connectivity index (χ1v) is 13.1. The molecule has 1 heterocycles. The average Bonchev–Trinajstić information content (AvgIpc) is 3.43. The van der Waals surface area contributed by atoms with Crippen LogP contribution in [0.2, 0.25) is 0 Å². The van der Waals surface area contributed by atoms with E-state index in [9.17, 15) is 14.0 Å². The number of benzene rings is 2. The summed E-state index contributed by atoms with van der Waals surface area (Å²) in [6.07, 6.45) is 6.09.